The first-order valence-electron chi connectivity index (χ1n) is 7.07. The van der Waals surface area contributed by atoms with Gasteiger partial charge < -0.3 is 10.6 Å². The maximum atomic E-state index is 11.9. The fourth-order valence-corrected chi connectivity index (χ4v) is 3.26. The predicted octanol–water partition coefficient (Wildman–Crippen LogP) is 2.41. The Morgan fingerprint density at radius 3 is 3.16 bits per heavy atom. The van der Waals surface area contributed by atoms with Crippen molar-refractivity contribution in [3.63, 3.8) is 0 Å². The topological polar surface area (TPSA) is 54.0 Å². The van der Waals surface area contributed by atoms with Crippen LogP contribution >= 0.6 is 11.3 Å². The summed E-state index contributed by atoms with van der Waals surface area (Å²) >= 11 is 1.61. The smallest absolute Gasteiger partial charge is 0.220 e. The Hall–Kier alpha value is -0.940. The van der Waals surface area contributed by atoms with Crippen LogP contribution < -0.4 is 10.6 Å². The predicted molar refractivity (Wildman–Crippen MR) is 78.2 cm³/mol. The zero-order chi connectivity index (χ0) is 13.7. The molecule has 1 aromatic rings. The maximum absolute atomic E-state index is 11.9. The van der Waals surface area contributed by atoms with E-state index in [2.05, 4.69) is 15.6 Å². The standard InChI is InChI=1S/C14H23N3OS/c1-10-9-19-14(16-10)11(2)17-13(18)6-5-12-4-3-7-15-8-12/h9,11-12,15H,3-8H2,1-2H3,(H,17,18). The average Bonchev–Trinajstić information content (AvgIpc) is 2.84. The second-order valence-corrected chi connectivity index (χ2v) is 6.26. The highest BCUT2D eigenvalue weighted by Crippen LogP contribution is 2.19. The second kappa shape index (κ2) is 7.01. The van der Waals surface area contributed by atoms with Gasteiger partial charge in [-0.2, -0.15) is 0 Å². The number of carbonyl (C=O) groups is 1. The van der Waals surface area contributed by atoms with E-state index in [9.17, 15) is 4.79 Å². The number of carbonyl (C=O) groups excluding carboxylic acids is 1. The van der Waals surface area contributed by atoms with Gasteiger partial charge in [-0.3, -0.25) is 4.79 Å². The molecule has 1 fully saturated rings. The van der Waals surface area contributed by atoms with E-state index in [0.717, 1.165) is 30.2 Å². The van der Waals surface area contributed by atoms with Gasteiger partial charge in [-0.25, -0.2) is 4.98 Å². The van der Waals surface area contributed by atoms with Gasteiger partial charge in [0.05, 0.1) is 6.04 Å². The van der Waals surface area contributed by atoms with Crippen molar-refractivity contribution in [1.29, 1.82) is 0 Å². The first-order valence-corrected chi connectivity index (χ1v) is 7.95. The number of aromatic nitrogens is 1. The molecule has 2 heterocycles. The van der Waals surface area contributed by atoms with Crippen LogP contribution in [0.4, 0.5) is 0 Å². The molecule has 1 saturated heterocycles. The van der Waals surface area contributed by atoms with Gasteiger partial charge in [-0.05, 0) is 52.1 Å². The summed E-state index contributed by atoms with van der Waals surface area (Å²) in [6.45, 7) is 6.17. The normalized spacial score (nSPS) is 21.1. The molecule has 0 aliphatic carbocycles. The number of aryl methyl sites for hydroxylation is 1. The van der Waals surface area contributed by atoms with Gasteiger partial charge in [0.2, 0.25) is 5.91 Å². The molecule has 2 unspecified atom stereocenters. The maximum Gasteiger partial charge on any atom is 0.220 e. The monoisotopic (exact) mass is 281 g/mol. The van der Waals surface area contributed by atoms with Gasteiger partial charge in [0, 0.05) is 17.5 Å². The van der Waals surface area contributed by atoms with Crippen LogP contribution in [0.3, 0.4) is 0 Å². The molecule has 0 aromatic carbocycles. The van der Waals surface area contributed by atoms with E-state index >= 15 is 0 Å². The van der Waals surface area contributed by atoms with E-state index in [1.165, 1.54) is 12.8 Å². The van der Waals surface area contributed by atoms with Crippen LogP contribution in [-0.2, 0) is 4.79 Å². The van der Waals surface area contributed by atoms with Crippen molar-refractivity contribution >= 4 is 17.2 Å². The van der Waals surface area contributed by atoms with Crippen LogP contribution in [-0.4, -0.2) is 24.0 Å². The van der Waals surface area contributed by atoms with Crippen molar-refractivity contribution in [1.82, 2.24) is 15.6 Å². The van der Waals surface area contributed by atoms with Crippen LogP contribution in [0.2, 0.25) is 0 Å². The number of piperidine rings is 1. The SMILES string of the molecule is Cc1csc(C(C)NC(=O)CCC2CCCNC2)n1. The minimum absolute atomic E-state index is 0.0238. The molecule has 1 aliphatic rings. The summed E-state index contributed by atoms with van der Waals surface area (Å²) in [5.41, 5.74) is 1.02. The Kier molecular flexibility index (Phi) is 5.34. The molecule has 2 N–H and O–H groups in total. The quantitative estimate of drug-likeness (QED) is 0.871. The number of rotatable bonds is 5. The number of amides is 1. The van der Waals surface area contributed by atoms with Crippen molar-refractivity contribution in [3.8, 4) is 0 Å². The number of thiazole rings is 1. The molecule has 0 saturated carbocycles. The number of hydrogen-bond acceptors (Lipinski definition) is 4. The van der Waals surface area contributed by atoms with E-state index in [0.29, 0.717) is 12.3 Å². The fourth-order valence-electron chi connectivity index (χ4n) is 2.45. The van der Waals surface area contributed by atoms with Crippen LogP contribution in [0.15, 0.2) is 5.38 Å². The molecule has 0 spiro atoms. The fraction of sp³-hybridized carbons (Fsp3) is 0.714. The molecule has 106 valence electrons. The molecule has 2 rings (SSSR count). The Morgan fingerprint density at radius 2 is 2.53 bits per heavy atom. The lowest BCUT2D eigenvalue weighted by atomic mass is 9.94. The molecule has 19 heavy (non-hydrogen) atoms. The van der Waals surface area contributed by atoms with Gasteiger partial charge in [0.1, 0.15) is 5.01 Å². The van der Waals surface area contributed by atoms with E-state index in [-0.39, 0.29) is 11.9 Å². The van der Waals surface area contributed by atoms with Crippen LogP contribution in [0.1, 0.15) is 49.4 Å². The summed E-state index contributed by atoms with van der Waals surface area (Å²) in [5, 5.41) is 9.44. The zero-order valence-corrected chi connectivity index (χ0v) is 12.6. The highest BCUT2D eigenvalue weighted by atomic mass is 32.1. The van der Waals surface area contributed by atoms with E-state index in [1.807, 2.05) is 19.2 Å². The molecule has 2 atom stereocenters. The lowest BCUT2D eigenvalue weighted by Crippen LogP contribution is -2.31. The Balaban J connectivity index is 1.71. The van der Waals surface area contributed by atoms with Crippen molar-refractivity contribution in [2.75, 3.05) is 13.1 Å². The summed E-state index contributed by atoms with van der Waals surface area (Å²) in [7, 11) is 0. The summed E-state index contributed by atoms with van der Waals surface area (Å²) in [4.78, 5) is 16.3. The Bertz CT molecular complexity index is 413. The van der Waals surface area contributed by atoms with Gasteiger partial charge in [0.15, 0.2) is 0 Å². The van der Waals surface area contributed by atoms with Gasteiger partial charge in [-0.15, -0.1) is 11.3 Å². The number of hydrogen-bond donors (Lipinski definition) is 2. The lowest BCUT2D eigenvalue weighted by molar-refractivity contribution is -0.122. The summed E-state index contributed by atoms with van der Waals surface area (Å²) < 4.78 is 0. The first-order chi connectivity index (χ1) is 9.15. The van der Waals surface area contributed by atoms with E-state index in [1.54, 1.807) is 11.3 Å². The van der Waals surface area contributed by atoms with Crippen LogP contribution in [0.5, 0.6) is 0 Å². The second-order valence-electron chi connectivity index (χ2n) is 5.37. The number of nitrogens with one attached hydrogen (secondary N) is 2. The summed E-state index contributed by atoms with van der Waals surface area (Å²) in [6.07, 6.45) is 4.10. The van der Waals surface area contributed by atoms with Crippen LogP contribution in [0, 0.1) is 12.8 Å². The van der Waals surface area contributed by atoms with Gasteiger partial charge in [0.25, 0.3) is 0 Å². The van der Waals surface area contributed by atoms with Gasteiger partial charge >= 0.3 is 0 Å². The van der Waals surface area contributed by atoms with E-state index in [4.69, 9.17) is 0 Å². The molecule has 5 heteroatoms. The summed E-state index contributed by atoms with van der Waals surface area (Å²) in [6, 6.07) is 0.0238. The molecular weight excluding hydrogens is 258 g/mol. The average molecular weight is 281 g/mol. The Labute approximate surface area is 119 Å². The summed E-state index contributed by atoms with van der Waals surface area (Å²) in [5.74, 6) is 0.808. The zero-order valence-electron chi connectivity index (χ0n) is 11.7. The minimum Gasteiger partial charge on any atom is -0.347 e. The lowest BCUT2D eigenvalue weighted by Gasteiger charge is -2.22. The molecule has 0 bridgehead atoms. The third-order valence-corrected chi connectivity index (χ3v) is 4.71. The molecule has 1 amide bonds. The molecule has 1 aromatic heterocycles. The van der Waals surface area contributed by atoms with Crippen LogP contribution in [0.25, 0.3) is 0 Å². The first kappa shape index (κ1) is 14.5. The highest BCUT2D eigenvalue weighted by Gasteiger charge is 2.16. The largest absolute Gasteiger partial charge is 0.347 e. The van der Waals surface area contributed by atoms with E-state index < -0.39 is 0 Å². The molecule has 0 radical (unpaired) electrons. The third kappa shape index (κ3) is 4.58. The van der Waals surface area contributed by atoms with Gasteiger partial charge in [-0.1, -0.05) is 0 Å². The molecule has 4 nitrogen and oxygen atoms in total. The minimum atomic E-state index is 0.0238. The van der Waals surface area contributed by atoms with Crippen molar-refractivity contribution in [2.45, 2.75) is 45.6 Å². The molecule has 1 aliphatic heterocycles. The Morgan fingerprint density at radius 1 is 1.68 bits per heavy atom. The van der Waals surface area contributed by atoms with Crippen molar-refractivity contribution in [2.24, 2.45) is 5.92 Å². The highest BCUT2D eigenvalue weighted by molar-refractivity contribution is 7.09. The van der Waals surface area contributed by atoms with Crippen molar-refractivity contribution < 1.29 is 4.79 Å². The van der Waals surface area contributed by atoms with Crippen molar-refractivity contribution in [3.05, 3.63) is 16.1 Å². The molecular formula is C14H23N3OS. The number of nitrogens with zero attached hydrogens (tertiary/aromatic N) is 1. The third-order valence-electron chi connectivity index (χ3n) is 3.56.